The molecule has 4 heteroatoms. The Bertz CT molecular complexity index is 2120. The van der Waals surface area contributed by atoms with E-state index in [1.54, 1.807) is 0 Å². The van der Waals surface area contributed by atoms with Crippen molar-refractivity contribution < 1.29 is 4.74 Å². The summed E-state index contributed by atoms with van der Waals surface area (Å²) in [5, 5.41) is 10.0. The Hall–Kier alpha value is -5.21. The minimum Gasteiger partial charge on any atom is -0.453 e. The molecule has 7 aromatic carbocycles. The maximum atomic E-state index is 6.40. The molecule has 0 saturated heterocycles. The Labute approximate surface area is 272 Å². The van der Waals surface area contributed by atoms with Crippen molar-refractivity contribution in [2.75, 3.05) is 4.90 Å². The van der Waals surface area contributed by atoms with E-state index in [1.807, 2.05) is 12.1 Å². The van der Waals surface area contributed by atoms with E-state index in [1.165, 1.54) is 36.7 Å². The largest absolute Gasteiger partial charge is 0.453 e. The molecule has 2 heterocycles. The zero-order chi connectivity index (χ0) is 30.5. The maximum absolute atomic E-state index is 6.40. The molecule has 0 saturated carbocycles. The molecule has 46 heavy (non-hydrogen) atoms. The van der Waals surface area contributed by atoms with Gasteiger partial charge in [0.25, 0.3) is 0 Å². The Morgan fingerprint density at radius 3 is 1.57 bits per heavy atom. The van der Waals surface area contributed by atoms with Crippen LogP contribution in [0.15, 0.2) is 182 Å². The molecule has 0 radical (unpaired) electrons. The van der Waals surface area contributed by atoms with Crippen molar-refractivity contribution in [2.45, 2.75) is 0 Å². The van der Waals surface area contributed by atoms with Crippen LogP contribution < -0.4 is 46.3 Å². The van der Waals surface area contributed by atoms with Gasteiger partial charge in [-0.1, -0.05) is 146 Å². The van der Waals surface area contributed by atoms with Crippen LogP contribution in [-0.2, 0) is 0 Å². The third-order valence-electron chi connectivity index (χ3n) is 9.29. The summed E-state index contributed by atoms with van der Waals surface area (Å²) in [6, 6.07) is 67.0. The number of para-hydroxylation sites is 4. The lowest BCUT2D eigenvalue weighted by atomic mass is 10.1. The first-order chi connectivity index (χ1) is 22.8. The van der Waals surface area contributed by atoms with Gasteiger partial charge < -0.3 is 9.64 Å². The number of nitrogens with zero attached hydrogens (tertiary/aromatic N) is 1. The number of anilines is 3. The van der Waals surface area contributed by atoms with Crippen LogP contribution in [0.25, 0.3) is 0 Å². The highest BCUT2D eigenvalue weighted by atomic mass is 31.1. The topological polar surface area (TPSA) is 12.5 Å². The molecule has 0 bridgehead atoms. The second-order valence-electron chi connectivity index (χ2n) is 11.7. The second-order valence-corrected chi connectivity index (χ2v) is 17.6. The summed E-state index contributed by atoms with van der Waals surface area (Å²) >= 11 is 0. The Kier molecular flexibility index (Phi) is 6.48. The van der Waals surface area contributed by atoms with E-state index in [0.29, 0.717) is 0 Å². The first-order valence-electron chi connectivity index (χ1n) is 15.7. The first-order valence-corrected chi connectivity index (χ1v) is 19.0. The van der Waals surface area contributed by atoms with Gasteiger partial charge in [0.15, 0.2) is 19.6 Å². The van der Waals surface area contributed by atoms with Gasteiger partial charge >= 0.3 is 0 Å². The molecular weight excluding hydrogens is 594 g/mol. The summed E-state index contributed by atoms with van der Waals surface area (Å²) in [4.78, 5) is 2.38. The van der Waals surface area contributed by atoms with Crippen molar-refractivity contribution in [2.24, 2.45) is 0 Å². The highest BCUT2D eigenvalue weighted by molar-refractivity contribution is 7.81. The lowest BCUT2D eigenvalue weighted by molar-refractivity contribution is 0.477. The van der Waals surface area contributed by atoms with Crippen LogP contribution in [-0.4, -0.2) is 8.07 Å². The lowest BCUT2D eigenvalue weighted by Crippen LogP contribution is -2.81. The van der Waals surface area contributed by atoms with Crippen LogP contribution in [0.3, 0.4) is 0 Å². The molecule has 2 aliphatic heterocycles. The molecule has 0 spiro atoms. The zero-order valence-electron chi connectivity index (χ0n) is 25.1. The van der Waals surface area contributed by atoms with Gasteiger partial charge in [-0.15, -0.1) is 0 Å². The molecule has 2 nitrogen and oxygen atoms in total. The molecule has 2 aliphatic rings. The van der Waals surface area contributed by atoms with Crippen LogP contribution in [0.1, 0.15) is 0 Å². The molecule has 7 aromatic rings. The number of ether oxygens (including phenoxy) is 1. The molecule has 0 aromatic heterocycles. The van der Waals surface area contributed by atoms with E-state index in [9.17, 15) is 0 Å². The highest BCUT2D eigenvalue weighted by Crippen LogP contribution is 2.50. The average Bonchev–Trinajstić information content (AvgIpc) is 3.13. The molecule has 0 aliphatic carbocycles. The number of hydrogen-bond acceptors (Lipinski definition) is 2. The second kappa shape index (κ2) is 11.0. The fraction of sp³-hybridized carbons (Fsp3) is 0. The van der Waals surface area contributed by atoms with Gasteiger partial charge in [0, 0.05) is 5.69 Å². The van der Waals surface area contributed by atoms with Gasteiger partial charge in [-0.3, -0.25) is 0 Å². The van der Waals surface area contributed by atoms with Gasteiger partial charge in [0.1, 0.15) is 0 Å². The van der Waals surface area contributed by atoms with Gasteiger partial charge in [0.05, 0.1) is 11.4 Å². The van der Waals surface area contributed by atoms with Gasteiger partial charge in [-0.05, 0) is 81.0 Å². The van der Waals surface area contributed by atoms with Crippen molar-refractivity contribution in [1.82, 2.24) is 0 Å². The molecule has 218 valence electrons. The van der Waals surface area contributed by atoms with E-state index in [0.717, 1.165) is 28.6 Å². The van der Waals surface area contributed by atoms with E-state index in [2.05, 4.69) is 175 Å². The van der Waals surface area contributed by atoms with E-state index in [4.69, 9.17) is 4.74 Å². The minimum atomic E-state index is -2.69. The quantitative estimate of drug-likeness (QED) is 0.160. The van der Waals surface area contributed by atoms with E-state index in [-0.39, 0.29) is 0 Å². The smallest absolute Gasteiger partial charge is 0.180 e. The molecule has 0 fully saturated rings. The molecule has 9 rings (SSSR count). The summed E-state index contributed by atoms with van der Waals surface area (Å²) in [6.07, 6.45) is 0. The number of fused-ring (bicyclic) bond motifs is 4. The highest BCUT2D eigenvalue weighted by Gasteiger charge is 2.49. The summed E-state index contributed by atoms with van der Waals surface area (Å²) in [5.74, 6) is 1.73. The van der Waals surface area contributed by atoms with Crippen molar-refractivity contribution in [3.63, 3.8) is 0 Å². The van der Waals surface area contributed by atoms with Crippen molar-refractivity contribution in [3.8, 4) is 11.5 Å². The summed E-state index contributed by atoms with van der Waals surface area (Å²) in [5.41, 5.74) is 3.25. The fourth-order valence-corrected chi connectivity index (χ4v) is 16.4. The molecule has 0 amide bonds. The monoisotopic (exact) mass is 623 g/mol. The van der Waals surface area contributed by atoms with Gasteiger partial charge in [-0.2, -0.15) is 0 Å². The van der Waals surface area contributed by atoms with Gasteiger partial charge in [0.2, 0.25) is 0 Å². The Morgan fingerprint density at radius 2 is 0.935 bits per heavy atom. The average molecular weight is 624 g/mol. The first kappa shape index (κ1) is 27.1. The fourth-order valence-electron chi connectivity index (χ4n) is 7.42. The molecule has 0 N–H and O–H groups in total. The number of benzene rings is 7. The van der Waals surface area contributed by atoms with Crippen LogP contribution in [0.2, 0.25) is 0 Å². The van der Waals surface area contributed by atoms with Gasteiger partial charge in [-0.25, -0.2) is 0 Å². The SMILES string of the molecule is c1ccc(P2c3ccccc3[Si](c3ccccc3)(c3ccccc3)c3ccc(N4c5ccccc5Oc5ccccc54)cc32)cc1. The van der Waals surface area contributed by atoms with Crippen LogP contribution in [0.4, 0.5) is 17.1 Å². The number of hydrogen-bond donors (Lipinski definition) is 0. The minimum absolute atomic E-state index is 0.833. The van der Waals surface area contributed by atoms with Crippen LogP contribution in [0.5, 0.6) is 11.5 Å². The number of rotatable bonds is 4. The maximum Gasteiger partial charge on any atom is 0.180 e. The van der Waals surface area contributed by atoms with Crippen LogP contribution in [0, 0.1) is 0 Å². The predicted molar refractivity (Wildman–Crippen MR) is 197 cm³/mol. The summed E-state index contributed by atoms with van der Waals surface area (Å²) in [7, 11) is -3.53. The third kappa shape index (κ3) is 4.06. The third-order valence-corrected chi connectivity index (χ3v) is 17.1. The lowest BCUT2D eigenvalue weighted by Gasteiger charge is -2.44. The molecular formula is C42H30NOPSi. The summed E-state index contributed by atoms with van der Waals surface area (Å²) < 4.78 is 6.40. The predicted octanol–water partition coefficient (Wildman–Crippen LogP) is 6.71. The molecule has 1 unspecified atom stereocenters. The van der Waals surface area contributed by atoms with Crippen molar-refractivity contribution in [1.29, 1.82) is 0 Å². The zero-order valence-corrected chi connectivity index (χ0v) is 27.0. The van der Waals surface area contributed by atoms with Crippen LogP contribution >= 0.6 is 7.92 Å². The Morgan fingerprint density at radius 1 is 0.435 bits per heavy atom. The van der Waals surface area contributed by atoms with Crippen molar-refractivity contribution >= 4 is 69.7 Å². The summed E-state index contributed by atoms with van der Waals surface area (Å²) in [6.45, 7) is 0. The molecule has 1 atom stereocenters. The van der Waals surface area contributed by atoms with E-state index >= 15 is 0 Å². The Balaban J connectivity index is 1.39. The van der Waals surface area contributed by atoms with E-state index < -0.39 is 16.0 Å². The normalized spacial score (nSPS) is 15.5. The standard InChI is InChI=1S/C42H30NOPSi/c1-4-16-32(17-5-1)45-39-26-14-15-27-41(39)46(33-18-6-2-7-19-33,34-20-8-3-9-21-34)42-29-28-31(30-40(42)45)43-35-22-10-12-24-37(35)44-38-25-13-11-23-36(38)43/h1-30H. The van der Waals surface area contributed by atoms with Crippen molar-refractivity contribution in [3.05, 3.63) is 182 Å².